The number of carbonyl (C=O) groups excluding carboxylic acids is 1. The summed E-state index contributed by atoms with van der Waals surface area (Å²) in [5.74, 6) is -3.15. The third kappa shape index (κ3) is 5.36. The fourth-order valence-electron chi connectivity index (χ4n) is 3.60. The van der Waals surface area contributed by atoms with Gasteiger partial charge in [0.15, 0.2) is 0 Å². The van der Waals surface area contributed by atoms with Crippen LogP contribution in [0.1, 0.15) is 44.9 Å². The van der Waals surface area contributed by atoms with Gasteiger partial charge in [-0.25, -0.2) is 4.79 Å². The molecule has 0 aromatic carbocycles. The number of amides is 1. The highest BCUT2D eigenvalue weighted by molar-refractivity contribution is 5.83. The molecule has 0 aromatic heterocycles. The second kappa shape index (κ2) is 8.18. The highest BCUT2D eigenvalue weighted by atomic mass is 19.4. The van der Waals surface area contributed by atoms with Gasteiger partial charge in [-0.05, 0) is 44.4 Å². The van der Waals surface area contributed by atoms with Crippen LogP contribution in [0.5, 0.6) is 0 Å². The molecule has 2 fully saturated rings. The van der Waals surface area contributed by atoms with Crippen molar-refractivity contribution >= 4 is 11.9 Å². The first-order chi connectivity index (χ1) is 11.3. The van der Waals surface area contributed by atoms with E-state index < -0.39 is 30.0 Å². The van der Waals surface area contributed by atoms with Crippen LogP contribution in [0.25, 0.3) is 0 Å². The Hall–Kier alpha value is -1.31. The largest absolute Gasteiger partial charge is 0.480 e. The Kier molecular flexibility index (Phi) is 6.48. The Morgan fingerprint density at radius 2 is 1.83 bits per heavy atom. The van der Waals surface area contributed by atoms with E-state index in [0.29, 0.717) is 32.5 Å². The molecule has 2 atom stereocenters. The fourth-order valence-corrected chi connectivity index (χ4v) is 3.60. The number of hydrogen-bond acceptors (Lipinski definition) is 3. The minimum atomic E-state index is -4.16. The maximum atomic E-state index is 12.6. The number of hydrogen-bond donors (Lipinski definition) is 2. The molecule has 0 aromatic rings. The molecule has 0 radical (unpaired) electrons. The monoisotopic (exact) mass is 351 g/mol. The Morgan fingerprint density at radius 3 is 2.33 bits per heavy atom. The van der Waals surface area contributed by atoms with Crippen LogP contribution in [0.15, 0.2) is 0 Å². The molecule has 1 saturated carbocycles. The van der Waals surface area contributed by atoms with Crippen molar-refractivity contribution in [1.82, 2.24) is 5.32 Å². The van der Waals surface area contributed by atoms with E-state index in [4.69, 9.17) is 4.74 Å². The molecule has 1 amide bonds. The highest BCUT2D eigenvalue weighted by Crippen LogP contribution is 2.40. The first kappa shape index (κ1) is 19.0. The van der Waals surface area contributed by atoms with E-state index in [-0.39, 0.29) is 31.1 Å². The molecule has 0 bridgehead atoms. The minimum Gasteiger partial charge on any atom is -0.480 e. The summed E-state index contributed by atoms with van der Waals surface area (Å²) in [6.45, 7) is 0.896. The fraction of sp³-hybridized carbons (Fsp3) is 0.875. The van der Waals surface area contributed by atoms with Gasteiger partial charge in [-0.3, -0.25) is 4.79 Å². The lowest BCUT2D eigenvalue weighted by atomic mass is 9.80. The zero-order valence-corrected chi connectivity index (χ0v) is 13.5. The third-order valence-corrected chi connectivity index (χ3v) is 5.03. The lowest BCUT2D eigenvalue weighted by Crippen LogP contribution is -2.48. The topological polar surface area (TPSA) is 75.6 Å². The SMILES string of the molecule is O=C(CC1CCC(C(F)(F)F)CC1)NC(C(=O)O)C1CCCOC1. The first-order valence-corrected chi connectivity index (χ1v) is 8.44. The van der Waals surface area contributed by atoms with Crippen LogP contribution in [0, 0.1) is 17.8 Å². The van der Waals surface area contributed by atoms with Crippen molar-refractivity contribution in [3.63, 3.8) is 0 Å². The third-order valence-electron chi connectivity index (χ3n) is 5.03. The number of halogens is 3. The van der Waals surface area contributed by atoms with Crippen molar-refractivity contribution in [3.8, 4) is 0 Å². The van der Waals surface area contributed by atoms with E-state index in [1.165, 1.54) is 0 Å². The van der Waals surface area contributed by atoms with Crippen LogP contribution >= 0.6 is 0 Å². The molecule has 5 nitrogen and oxygen atoms in total. The van der Waals surface area contributed by atoms with Crippen LogP contribution in [0.4, 0.5) is 13.2 Å². The summed E-state index contributed by atoms with van der Waals surface area (Å²) in [6, 6.07) is -0.996. The predicted octanol–water partition coefficient (Wildman–Crippen LogP) is 2.74. The summed E-state index contributed by atoms with van der Waals surface area (Å²) in [4.78, 5) is 23.5. The lowest BCUT2D eigenvalue weighted by molar-refractivity contribution is -0.184. The first-order valence-electron chi connectivity index (χ1n) is 8.44. The van der Waals surface area contributed by atoms with Gasteiger partial charge in [0.05, 0.1) is 12.5 Å². The molecule has 1 aliphatic carbocycles. The number of rotatable bonds is 5. The van der Waals surface area contributed by atoms with E-state index in [1.807, 2.05) is 0 Å². The molecule has 2 aliphatic rings. The van der Waals surface area contributed by atoms with Crippen LogP contribution in [-0.2, 0) is 14.3 Å². The van der Waals surface area contributed by atoms with Gasteiger partial charge in [0, 0.05) is 18.9 Å². The smallest absolute Gasteiger partial charge is 0.391 e. The predicted molar refractivity (Wildman–Crippen MR) is 79.2 cm³/mol. The van der Waals surface area contributed by atoms with E-state index in [1.54, 1.807) is 0 Å². The van der Waals surface area contributed by atoms with Gasteiger partial charge in [0.2, 0.25) is 5.91 Å². The highest BCUT2D eigenvalue weighted by Gasteiger charge is 2.41. The van der Waals surface area contributed by atoms with Gasteiger partial charge >= 0.3 is 12.1 Å². The minimum absolute atomic E-state index is 0.0419. The van der Waals surface area contributed by atoms with E-state index in [0.717, 1.165) is 6.42 Å². The summed E-state index contributed by atoms with van der Waals surface area (Å²) < 4.78 is 43.2. The van der Waals surface area contributed by atoms with Crippen molar-refractivity contribution in [2.45, 2.75) is 57.2 Å². The molecule has 1 saturated heterocycles. The Balaban J connectivity index is 1.80. The summed E-state index contributed by atoms with van der Waals surface area (Å²) in [7, 11) is 0. The average Bonchev–Trinajstić information content (AvgIpc) is 2.53. The normalized spacial score (nSPS) is 29.7. The number of nitrogens with one attached hydrogen (secondary N) is 1. The van der Waals surface area contributed by atoms with Crippen LogP contribution in [-0.4, -0.2) is 42.4 Å². The molecule has 8 heteroatoms. The molecular weight excluding hydrogens is 327 g/mol. The summed E-state index contributed by atoms with van der Waals surface area (Å²) in [6.07, 6.45) is -1.87. The maximum absolute atomic E-state index is 12.6. The quantitative estimate of drug-likeness (QED) is 0.799. The van der Waals surface area contributed by atoms with Gasteiger partial charge in [-0.15, -0.1) is 0 Å². The van der Waals surface area contributed by atoms with Crippen LogP contribution in [0.2, 0.25) is 0 Å². The number of aliphatic carboxylic acids is 1. The second-order valence-electron chi connectivity index (χ2n) is 6.82. The Bertz CT molecular complexity index is 441. The zero-order chi connectivity index (χ0) is 17.7. The van der Waals surface area contributed by atoms with E-state index >= 15 is 0 Å². The van der Waals surface area contributed by atoms with Gasteiger partial charge in [-0.1, -0.05) is 0 Å². The van der Waals surface area contributed by atoms with Crippen molar-refractivity contribution in [3.05, 3.63) is 0 Å². The average molecular weight is 351 g/mol. The molecule has 2 unspecified atom stereocenters. The van der Waals surface area contributed by atoms with Crippen molar-refractivity contribution < 1.29 is 32.6 Å². The molecule has 2 rings (SSSR count). The molecular formula is C16H24F3NO4. The Morgan fingerprint density at radius 1 is 1.17 bits per heavy atom. The Labute approximate surface area is 138 Å². The maximum Gasteiger partial charge on any atom is 0.391 e. The van der Waals surface area contributed by atoms with Crippen LogP contribution in [0.3, 0.4) is 0 Å². The summed E-state index contributed by atoms with van der Waals surface area (Å²) in [5, 5.41) is 11.8. The molecule has 138 valence electrons. The van der Waals surface area contributed by atoms with Gasteiger partial charge in [-0.2, -0.15) is 13.2 Å². The molecule has 2 N–H and O–H groups in total. The molecule has 1 aliphatic heterocycles. The van der Waals surface area contributed by atoms with E-state index in [2.05, 4.69) is 5.32 Å². The second-order valence-corrected chi connectivity index (χ2v) is 6.82. The lowest BCUT2D eigenvalue weighted by Gasteiger charge is -2.31. The molecule has 0 spiro atoms. The standard InChI is InChI=1S/C16H24F3NO4/c17-16(18,19)12-5-3-10(4-6-12)8-13(21)20-14(15(22)23)11-2-1-7-24-9-11/h10-12,14H,1-9H2,(H,20,21)(H,22,23). The van der Waals surface area contributed by atoms with Crippen molar-refractivity contribution in [2.24, 2.45) is 17.8 Å². The number of carboxylic acid groups (broad SMARTS) is 1. The van der Waals surface area contributed by atoms with Crippen molar-refractivity contribution in [2.75, 3.05) is 13.2 Å². The molecule has 1 heterocycles. The van der Waals surface area contributed by atoms with Crippen LogP contribution < -0.4 is 5.32 Å². The summed E-state index contributed by atoms with van der Waals surface area (Å²) >= 11 is 0. The zero-order valence-electron chi connectivity index (χ0n) is 13.5. The van der Waals surface area contributed by atoms with E-state index in [9.17, 15) is 27.9 Å². The van der Waals surface area contributed by atoms with Gasteiger partial charge in [0.1, 0.15) is 6.04 Å². The summed E-state index contributed by atoms with van der Waals surface area (Å²) in [5.41, 5.74) is 0. The number of carboxylic acids is 1. The number of ether oxygens (including phenoxy) is 1. The molecule has 24 heavy (non-hydrogen) atoms. The van der Waals surface area contributed by atoms with Crippen molar-refractivity contribution in [1.29, 1.82) is 0 Å². The van der Waals surface area contributed by atoms with Gasteiger partial charge < -0.3 is 15.2 Å². The number of carbonyl (C=O) groups is 2. The number of alkyl halides is 3. The van der Waals surface area contributed by atoms with Gasteiger partial charge in [0.25, 0.3) is 0 Å².